The SMILES string of the molecule is O=C(Cn1c(=O)oc2ccc([N+](=O)[O-])cc21)Nc1ccccc1C(F)(F)F. The highest BCUT2D eigenvalue weighted by molar-refractivity contribution is 5.92. The topological polar surface area (TPSA) is 107 Å². The number of hydrogen-bond donors (Lipinski definition) is 1. The second-order valence-electron chi connectivity index (χ2n) is 5.45. The molecule has 11 heteroatoms. The van der Waals surface area contributed by atoms with Crippen molar-refractivity contribution in [2.45, 2.75) is 12.7 Å². The van der Waals surface area contributed by atoms with Crippen molar-refractivity contribution in [3.05, 3.63) is 68.7 Å². The molecule has 0 saturated heterocycles. The Morgan fingerprint density at radius 2 is 1.93 bits per heavy atom. The number of non-ortho nitro benzene ring substituents is 1. The highest BCUT2D eigenvalue weighted by atomic mass is 19.4. The van der Waals surface area contributed by atoms with E-state index >= 15 is 0 Å². The van der Waals surface area contributed by atoms with Gasteiger partial charge in [-0.2, -0.15) is 13.2 Å². The third-order valence-electron chi connectivity index (χ3n) is 3.67. The lowest BCUT2D eigenvalue weighted by atomic mass is 10.1. The summed E-state index contributed by atoms with van der Waals surface area (Å²) in [6, 6.07) is 7.72. The summed E-state index contributed by atoms with van der Waals surface area (Å²) in [7, 11) is 0. The number of nitro benzene ring substituents is 1. The van der Waals surface area contributed by atoms with Gasteiger partial charge in [-0.3, -0.25) is 19.5 Å². The summed E-state index contributed by atoms with van der Waals surface area (Å²) in [6.45, 7) is -0.681. The maximum Gasteiger partial charge on any atom is 0.420 e. The van der Waals surface area contributed by atoms with Gasteiger partial charge in [0.25, 0.3) is 5.69 Å². The van der Waals surface area contributed by atoms with Gasteiger partial charge < -0.3 is 9.73 Å². The van der Waals surface area contributed by atoms with Gasteiger partial charge in [0.1, 0.15) is 6.54 Å². The maximum atomic E-state index is 13.0. The molecule has 0 aliphatic rings. The minimum atomic E-state index is -4.68. The number of para-hydroxylation sites is 1. The molecule has 1 heterocycles. The minimum Gasteiger partial charge on any atom is -0.408 e. The first-order valence-electron chi connectivity index (χ1n) is 7.40. The monoisotopic (exact) mass is 381 g/mol. The number of amides is 1. The van der Waals surface area contributed by atoms with Crippen LogP contribution < -0.4 is 11.1 Å². The van der Waals surface area contributed by atoms with Crippen molar-refractivity contribution in [1.29, 1.82) is 0 Å². The van der Waals surface area contributed by atoms with E-state index in [-0.39, 0.29) is 16.8 Å². The van der Waals surface area contributed by atoms with Gasteiger partial charge in [-0.1, -0.05) is 12.1 Å². The number of fused-ring (bicyclic) bond motifs is 1. The van der Waals surface area contributed by atoms with E-state index < -0.39 is 40.6 Å². The third-order valence-corrected chi connectivity index (χ3v) is 3.67. The van der Waals surface area contributed by atoms with E-state index in [1.54, 1.807) is 0 Å². The zero-order valence-corrected chi connectivity index (χ0v) is 13.3. The second kappa shape index (κ2) is 6.59. The fraction of sp³-hybridized carbons (Fsp3) is 0.125. The van der Waals surface area contributed by atoms with Crippen LogP contribution in [0.4, 0.5) is 24.5 Å². The molecule has 0 spiro atoms. The van der Waals surface area contributed by atoms with Crippen molar-refractivity contribution in [2.24, 2.45) is 0 Å². The molecule has 1 amide bonds. The van der Waals surface area contributed by atoms with E-state index in [2.05, 4.69) is 5.32 Å². The van der Waals surface area contributed by atoms with Crippen LogP contribution in [0.25, 0.3) is 11.1 Å². The number of halogens is 3. The lowest BCUT2D eigenvalue weighted by Gasteiger charge is -2.13. The zero-order chi connectivity index (χ0) is 19.8. The quantitative estimate of drug-likeness (QED) is 0.552. The molecule has 0 atom stereocenters. The van der Waals surface area contributed by atoms with Crippen molar-refractivity contribution in [1.82, 2.24) is 4.57 Å². The second-order valence-corrected chi connectivity index (χ2v) is 5.45. The Morgan fingerprint density at radius 3 is 2.59 bits per heavy atom. The molecule has 8 nitrogen and oxygen atoms in total. The Morgan fingerprint density at radius 1 is 1.22 bits per heavy atom. The summed E-state index contributed by atoms with van der Waals surface area (Å²) >= 11 is 0. The predicted molar refractivity (Wildman–Crippen MR) is 87.2 cm³/mol. The van der Waals surface area contributed by atoms with Gasteiger partial charge in [-0.15, -0.1) is 0 Å². The normalized spacial score (nSPS) is 11.5. The Labute approximate surface area is 148 Å². The Hall–Kier alpha value is -3.63. The van der Waals surface area contributed by atoms with Crippen molar-refractivity contribution in [3.8, 4) is 0 Å². The van der Waals surface area contributed by atoms with Crippen LogP contribution in [0.15, 0.2) is 51.7 Å². The van der Waals surface area contributed by atoms with Gasteiger partial charge in [0, 0.05) is 12.1 Å². The van der Waals surface area contributed by atoms with Crippen LogP contribution in [-0.4, -0.2) is 15.4 Å². The molecular weight excluding hydrogens is 371 g/mol. The smallest absolute Gasteiger partial charge is 0.408 e. The fourth-order valence-electron chi connectivity index (χ4n) is 2.49. The van der Waals surface area contributed by atoms with E-state index in [0.717, 1.165) is 28.8 Å². The molecule has 1 N–H and O–H groups in total. The first-order chi connectivity index (χ1) is 12.7. The summed E-state index contributed by atoms with van der Waals surface area (Å²) in [5.74, 6) is -1.90. The molecule has 0 unspecified atom stereocenters. The van der Waals surface area contributed by atoms with Crippen molar-refractivity contribution >= 4 is 28.4 Å². The van der Waals surface area contributed by atoms with Crippen LogP contribution >= 0.6 is 0 Å². The number of carbonyl (C=O) groups is 1. The first-order valence-corrected chi connectivity index (χ1v) is 7.40. The van der Waals surface area contributed by atoms with Crippen LogP contribution in [0.3, 0.4) is 0 Å². The minimum absolute atomic E-state index is 0.00842. The molecule has 3 rings (SSSR count). The highest BCUT2D eigenvalue weighted by Crippen LogP contribution is 2.34. The number of alkyl halides is 3. The molecule has 0 aliphatic carbocycles. The van der Waals surface area contributed by atoms with E-state index in [0.29, 0.717) is 0 Å². The summed E-state index contributed by atoms with van der Waals surface area (Å²) in [5.41, 5.74) is -1.86. The van der Waals surface area contributed by atoms with Crippen LogP contribution in [0, 0.1) is 10.1 Å². The Bertz CT molecular complexity index is 1100. The van der Waals surface area contributed by atoms with Gasteiger partial charge in [-0.25, -0.2) is 4.79 Å². The largest absolute Gasteiger partial charge is 0.420 e. The molecule has 0 saturated carbocycles. The zero-order valence-electron chi connectivity index (χ0n) is 13.3. The molecule has 2 aromatic carbocycles. The maximum absolute atomic E-state index is 13.0. The molecule has 0 aliphatic heterocycles. The van der Waals surface area contributed by atoms with Crippen molar-refractivity contribution < 1.29 is 27.3 Å². The number of nitrogens with zero attached hydrogens (tertiary/aromatic N) is 2. The summed E-state index contributed by atoms with van der Waals surface area (Å²) in [6.07, 6.45) is -4.68. The van der Waals surface area contributed by atoms with E-state index in [1.807, 2.05) is 0 Å². The van der Waals surface area contributed by atoms with Gasteiger partial charge in [0.15, 0.2) is 5.58 Å². The molecule has 0 fully saturated rings. The lowest BCUT2D eigenvalue weighted by molar-refractivity contribution is -0.384. The molecule has 27 heavy (non-hydrogen) atoms. The molecule has 1 aromatic heterocycles. The Kier molecular flexibility index (Phi) is 4.44. The predicted octanol–water partition coefficient (Wildman–Crippen LogP) is 3.16. The lowest BCUT2D eigenvalue weighted by Crippen LogP contribution is -2.25. The molecular formula is C16H10F3N3O5. The average molecular weight is 381 g/mol. The number of anilines is 1. The van der Waals surface area contributed by atoms with Gasteiger partial charge in [0.05, 0.1) is 21.7 Å². The standard InChI is InChI=1S/C16H10F3N3O5/c17-16(18,19)10-3-1-2-4-11(10)20-14(23)8-21-12-7-9(22(25)26)5-6-13(12)27-15(21)24/h1-7H,8H2,(H,20,23). The van der Waals surface area contributed by atoms with E-state index in [1.165, 1.54) is 18.2 Å². The van der Waals surface area contributed by atoms with Gasteiger partial charge >= 0.3 is 11.9 Å². The van der Waals surface area contributed by atoms with Crippen LogP contribution in [-0.2, 0) is 17.5 Å². The van der Waals surface area contributed by atoms with Crippen molar-refractivity contribution in [2.75, 3.05) is 5.32 Å². The summed E-state index contributed by atoms with van der Waals surface area (Å²) < 4.78 is 44.6. The third kappa shape index (κ3) is 3.66. The number of hydrogen-bond acceptors (Lipinski definition) is 5. The summed E-state index contributed by atoms with van der Waals surface area (Å²) in [5, 5.41) is 12.9. The van der Waals surface area contributed by atoms with Gasteiger partial charge in [0.2, 0.25) is 5.91 Å². The number of rotatable bonds is 4. The number of carbonyl (C=O) groups excluding carboxylic acids is 1. The molecule has 0 radical (unpaired) electrons. The van der Waals surface area contributed by atoms with Crippen LogP contribution in [0.1, 0.15) is 5.56 Å². The number of oxazole rings is 1. The van der Waals surface area contributed by atoms with Crippen LogP contribution in [0.2, 0.25) is 0 Å². The number of nitro groups is 1. The number of benzene rings is 2. The first kappa shape index (κ1) is 18.2. The average Bonchev–Trinajstić information content (AvgIpc) is 2.89. The Balaban J connectivity index is 1.91. The number of aromatic nitrogens is 1. The number of nitrogens with one attached hydrogen (secondary N) is 1. The molecule has 3 aromatic rings. The highest BCUT2D eigenvalue weighted by Gasteiger charge is 2.33. The molecule has 140 valence electrons. The van der Waals surface area contributed by atoms with E-state index in [4.69, 9.17) is 4.42 Å². The fourth-order valence-corrected chi connectivity index (χ4v) is 2.49. The summed E-state index contributed by atoms with van der Waals surface area (Å²) in [4.78, 5) is 34.2. The van der Waals surface area contributed by atoms with Gasteiger partial charge in [-0.05, 0) is 18.2 Å². The molecule has 0 bridgehead atoms. The van der Waals surface area contributed by atoms with Crippen molar-refractivity contribution in [3.63, 3.8) is 0 Å². The van der Waals surface area contributed by atoms with E-state index in [9.17, 15) is 32.9 Å². The van der Waals surface area contributed by atoms with Crippen LogP contribution in [0.5, 0.6) is 0 Å².